The predicted octanol–water partition coefficient (Wildman–Crippen LogP) is -0.172. The summed E-state index contributed by atoms with van der Waals surface area (Å²) in [6, 6.07) is 7.33. The lowest BCUT2D eigenvalue weighted by Crippen LogP contribution is -2.45. The number of nitrogens with one attached hydrogen (secondary N) is 1. The molecule has 0 aliphatic carbocycles. The highest BCUT2D eigenvalue weighted by Gasteiger charge is 2.18. The first-order chi connectivity index (χ1) is 13.5. The second kappa shape index (κ2) is 8.83. The van der Waals surface area contributed by atoms with E-state index >= 15 is 0 Å². The first-order valence-corrected chi connectivity index (χ1v) is 9.26. The summed E-state index contributed by atoms with van der Waals surface area (Å²) in [6.45, 7) is 2.28. The minimum atomic E-state index is -0.277. The molecule has 1 aromatic carbocycles. The molecule has 28 heavy (non-hydrogen) atoms. The van der Waals surface area contributed by atoms with Gasteiger partial charge in [-0.05, 0) is 12.1 Å². The zero-order chi connectivity index (χ0) is 20.1. The number of morpholine rings is 1. The van der Waals surface area contributed by atoms with Gasteiger partial charge in [0.25, 0.3) is 5.56 Å². The molecular weight excluding hydrogens is 362 g/mol. The number of amides is 2. The Morgan fingerprint density at radius 2 is 1.93 bits per heavy atom. The second-order valence-electron chi connectivity index (χ2n) is 6.80. The van der Waals surface area contributed by atoms with Crippen LogP contribution in [0.3, 0.4) is 0 Å². The summed E-state index contributed by atoms with van der Waals surface area (Å²) in [7, 11) is 3.51. The van der Waals surface area contributed by atoms with Gasteiger partial charge in [-0.25, -0.2) is 4.98 Å². The van der Waals surface area contributed by atoms with E-state index < -0.39 is 0 Å². The molecule has 1 fully saturated rings. The summed E-state index contributed by atoms with van der Waals surface area (Å²) in [4.78, 5) is 44.8. The molecule has 0 bridgehead atoms. The van der Waals surface area contributed by atoms with Gasteiger partial charge in [0, 0.05) is 40.2 Å². The molecule has 1 aromatic heterocycles. The average molecular weight is 387 g/mol. The summed E-state index contributed by atoms with van der Waals surface area (Å²) in [5, 5.41) is 2.64. The van der Waals surface area contributed by atoms with Crippen molar-refractivity contribution >= 4 is 28.7 Å². The monoisotopic (exact) mass is 387 g/mol. The minimum Gasteiger partial charge on any atom is -0.378 e. The highest BCUT2D eigenvalue weighted by molar-refractivity contribution is 5.85. The van der Waals surface area contributed by atoms with Gasteiger partial charge in [0.05, 0.1) is 30.8 Å². The molecule has 150 valence electrons. The maximum atomic E-state index is 12.8. The van der Waals surface area contributed by atoms with Crippen LogP contribution in [0.5, 0.6) is 0 Å². The van der Waals surface area contributed by atoms with E-state index in [1.54, 1.807) is 28.5 Å². The number of aromatic nitrogens is 2. The van der Waals surface area contributed by atoms with Crippen molar-refractivity contribution in [3.8, 4) is 0 Å². The molecule has 0 saturated carbocycles. The molecule has 0 radical (unpaired) electrons. The van der Waals surface area contributed by atoms with E-state index in [1.165, 1.54) is 0 Å². The van der Waals surface area contributed by atoms with Crippen LogP contribution in [-0.2, 0) is 20.9 Å². The van der Waals surface area contributed by atoms with Crippen molar-refractivity contribution in [3.63, 3.8) is 0 Å². The Hall–Kier alpha value is -2.94. The van der Waals surface area contributed by atoms with Gasteiger partial charge in [-0.15, -0.1) is 0 Å². The number of carbonyl (C=O) groups is 2. The van der Waals surface area contributed by atoms with E-state index in [0.717, 1.165) is 0 Å². The van der Waals surface area contributed by atoms with Crippen LogP contribution in [0.2, 0.25) is 0 Å². The molecule has 9 nitrogen and oxygen atoms in total. The van der Waals surface area contributed by atoms with E-state index in [9.17, 15) is 14.4 Å². The third-order valence-corrected chi connectivity index (χ3v) is 4.62. The number of benzene rings is 1. The molecule has 1 aliphatic rings. The van der Waals surface area contributed by atoms with E-state index in [-0.39, 0.29) is 36.9 Å². The zero-order valence-electron chi connectivity index (χ0n) is 16.2. The summed E-state index contributed by atoms with van der Waals surface area (Å²) < 4.78 is 6.77. The quantitative estimate of drug-likeness (QED) is 0.739. The number of nitrogens with zero attached hydrogens (tertiary/aromatic N) is 4. The highest BCUT2D eigenvalue weighted by atomic mass is 16.5. The summed E-state index contributed by atoms with van der Waals surface area (Å²) in [6.07, 6.45) is 0.0944. The Morgan fingerprint density at radius 3 is 2.64 bits per heavy atom. The van der Waals surface area contributed by atoms with Crippen molar-refractivity contribution < 1.29 is 14.3 Å². The molecule has 9 heteroatoms. The number of fused-ring (bicyclic) bond motifs is 1. The zero-order valence-corrected chi connectivity index (χ0v) is 16.2. The highest BCUT2D eigenvalue weighted by Crippen LogP contribution is 2.13. The summed E-state index contributed by atoms with van der Waals surface area (Å²) in [5.41, 5.74) is 1.12. The third-order valence-electron chi connectivity index (χ3n) is 4.62. The van der Waals surface area contributed by atoms with E-state index in [2.05, 4.69) is 10.3 Å². The molecule has 0 atom stereocenters. The molecule has 1 N–H and O–H groups in total. The maximum Gasteiger partial charge on any atom is 0.293 e. The minimum absolute atomic E-state index is 0.0478. The van der Waals surface area contributed by atoms with Gasteiger partial charge in [0.2, 0.25) is 11.8 Å². The van der Waals surface area contributed by atoms with Gasteiger partial charge >= 0.3 is 0 Å². The molecule has 2 amide bonds. The van der Waals surface area contributed by atoms with Crippen LogP contribution < -0.4 is 15.8 Å². The van der Waals surface area contributed by atoms with Crippen molar-refractivity contribution in [1.82, 2.24) is 19.8 Å². The van der Waals surface area contributed by atoms with Gasteiger partial charge < -0.3 is 24.4 Å². The van der Waals surface area contributed by atoms with Crippen LogP contribution in [0.15, 0.2) is 29.1 Å². The number of anilines is 1. The fourth-order valence-electron chi connectivity index (χ4n) is 3.09. The number of carbonyl (C=O) groups excluding carboxylic acids is 2. The standard InChI is InChI=1S/C19H25N5O4/c1-22(2)18-19(27)24(15-6-4-3-5-14(15)21-18)8-7-16(25)20-13-17(26)23-9-11-28-12-10-23/h3-6H,7-13H2,1-2H3,(H,20,25). The van der Waals surface area contributed by atoms with Crippen LogP contribution in [0.25, 0.3) is 11.0 Å². The van der Waals surface area contributed by atoms with Gasteiger partial charge in [-0.3, -0.25) is 14.4 Å². The number of ether oxygens (including phenoxy) is 1. The Bertz CT molecular complexity index is 918. The Balaban J connectivity index is 1.66. The SMILES string of the molecule is CN(C)c1nc2ccccc2n(CCC(=O)NCC(=O)N2CCOCC2)c1=O. The Morgan fingerprint density at radius 1 is 1.21 bits per heavy atom. The van der Waals surface area contributed by atoms with Crippen LogP contribution in [0, 0.1) is 0 Å². The average Bonchev–Trinajstić information content (AvgIpc) is 2.71. The van der Waals surface area contributed by atoms with Crippen LogP contribution >= 0.6 is 0 Å². The van der Waals surface area contributed by atoms with Gasteiger partial charge in [-0.2, -0.15) is 0 Å². The molecule has 2 heterocycles. The van der Waals surface area contributed by atoms with E-state index in [0.29, 0.717) is 43.2 Å². The first-order valence-electron chi connectivity index (χ1n) is 9.26. The van der Waals surface area contributed by atoms with Crippen LogP contribution in [0.4, 0.5) is 5.82 Å². The van der Waals surface area contributed by atoms with Gasteiger partial charge in [0.1, 0.15) is 0 Å². The predicted molar refractivity (Wildman–Crippen MR) is 105 cm³/mol. The van der Waals surface area contributed by atoms with Crippen molar-refractivity contribution in [3.05, 3.63) is 34.6 Å². The number of hydrogen-bond donors (Lipinski definition) is 1. The molecule has 1 aliphatic heterocycles. The lowest BCUT2D eigenvalue weighted by Gasteiger charge is -2.26. The van der Waals surface area contributed by atoms with E-state index in [1.807, 2.05) is 24.3 Å². The topological polar surface area (TPSA) is 96.8 Å². The van der Waals surface area contributed by atoms with Gasteiger partial charge in [-0.1, -0.05) is 12.1 Å². The molecule has 1 saturated heterocycles. The fraction of sp³-hybridized carbons (Fsp3) is 0.474. The first kappa shape index (κ1) is 19.8. The second-order valence-corrected chi connectivity index (χ2v) is 6.80. The molecule has 2 aromatic rings. The van der Waals surface area contributed by atoms with Crippen molar-refractivity contribution in [2.75, 3.05) is 51.8 Å². The summed E-state index contributed by atoms with van der Waals surface area (Å²) >= 11 is 0. The van der Waals surface area contributed by atoms with E-state index in [4.69, 9.17) is 4.74 Å². The van der Waals surface area contributed by atoms with Crippen molar-refractivity contribution in [2.45, 2.75) is 13.0 Å². The largest absolute Gasteiger partial charge is 0.378 e. The summed E-state index contributed by atoms with van der Waals surface area (Å²) in [5.74, 6) is -0.0829. The van der Waals surface area contributed by atoms with Crippen LogP contribution in [0.1, 0.15) is 6.42 Å². The number of hydrogen-bond acceptors (Lipinski definition) is 6. The Labute approximate surface area is 162 Å². The number of rotatable bonds is 6. The molecule has 3 rings (SSSR count). The third kappa shape index (κ3) is 4.48. The number of aryl methyl sites for hydroxylation is 1. The van der Waals surface area contributed by atoms with Crippen molar-refractivity contribution in [2.24, 2.45) is 0 Å². The smallest absolute Gasteiger partial charge is 0.293 e. The van der Waals surface area contributed by atoms with Gasteiger partial charge in [0.15, 0.2) is 5.82 Å². The van der Waals surface area contributed by atoms with Crippen LogP contribution in [-0.4, -0.2) is 73.2 Å². The normalized spacial score (nSPS) is 14.1. The molecular formula is C19H25N5O4. The lowest BCUT2D eigenvalue weighted by atomic mass is 10.2. The molecule has 0 spiro atoms. The maximum absolute atomic E-state index is 12.8. The van der Waals surface area contributed by atoms with Crippen molar-refractivity contribution in [1.29, 1.82) is 0 Å². The fourth-order valence-corrected chi connectivity index (χ4v) is 3.09. The number of para-hydroxylation sites is 2. The lowest BCUT2D eigenvalue weighted by molar-refractivity contribution is -0.136. The molecule has 0 unspecified atom stereocenters. The Kier molecular flexibility index (Phi) is 6.25.